The molecule has 98 valence electrons. The van der Waals surface area contributed by atoms with Crippen LogP contribution in [0.15, 0.2) is 42.6 Å². The molecule has 1 N–H and O–H groups in total. The molecule has 5 nitrogen and oxygen atoms in total. The highest BCUT2D eigenvalue weighted by molar-refractivity contribution is 5.42. The van der Waals surface area contributed by atoms with E-state index in [1.807, 2.05) is 6.92 Å². The zero-order valence-corrected chi connectivity index (χ0v) is 10.2. The average Bonchev–Trinajstić information content (AvgIpc) is 2.39. The molecule has 1 aromatic heterocycles. The molecule has 1 heterocycles. The zero-order chi connectivity index (χ0) is 13.8. The van der Waals surface area contributed by atoms with Gasteiger partial charge in [0.1, 0.15) is 17.8 Å². The van der Waals surface area contributed by atoms with E-state index in [9.17, 15) is 14.5 Å². The van der Waals surface area contributed by atoms with Gasteiger partial charge < -0.3 is 5.32 Å². The fourth-order valence-electron chi connectivity index (χ4n) is 1.66. The minimum absolute atomic E-state index is 0.0658. The predicted molar refractivity (Wildman–Crippen MR) is 69.3 cm³/mol. The Morgan fingerprint density at radius 2 is 2.16 bits per heavy atom. The molecular weight excluding hydrogens is 249 g/mol. The van der Waals surface area contributed by atoms with E-state index in [0.717, 1.165) is 5.56 Å². The van der Waals surface area contributed by atoms with Crippen LogP contribution in [0, 0.1) is 15.9 Å². The zero-order valence-electron chi connectivity index (χ0n) is 10.2. The Morgan fingerprint density at radius 1 is 1.37 bits per heavy atom. The van der Waals surface area contributed by atoms with Crippen molar-refractivity contribution in [2.45, 2.75) is 13.0 Å². The summed E-state index contributed by atoms with van der Waals surface area (Å²) in [6, 6.07) is 8.98. The molecule has 2 aromatic rings. The Kier molecular flexibility index (Phi) is 3.70. The van der Waals surface area contributed by atoms with E-state index in [4.69, 9.17) is 0 Å². The Bertz CT molecular complexity index is 587. The van der Waals surface area contributed by atoms with E-state index in [-0.39, 0.29) is 17.5 Å². The molecule has 0 saturated carbocycles. The van der Waals surface area contributed by atoms with Gasteiger partial charge >= 0.3 is 0 Å². The van der Waals surface area contributed by atoms with Crippen LogP contribution in [0.5, 0.6) is 0 Å². The number of nitrogens with one attached hydrogen (secondary N) is 1. The third-order valence-corrected chi connectivity index (χ3v) is 2.67. The largest absolute Gasteiger partial charge is 0.364 e. The summed E-state index contributed by atoms with van der Waals surface area (Å²) in [4.78, 5) is 13.9. The minimum Gasteiger partial charge on any atom is -0.364 e. The molecule has 1 unspecified atom stereocenters. The van der Waals surface area contributed by atoms with Crippen molar-refractivity contribution < 1.29 is 9.31 Å². The summed E-state index contributed by atoms with van der Waals surface area (Å²) >= 11 is 0. The van der Waals surface area contributed by atoms with Crippen molar-refractivity contribution in [1.29, 1.82) is 0 Å². The predicted octanol–water partition coefficient (Wildman–Crippen LogP) is 3.30. The maximum Gasteiger partial charge on any atom is 0.287 e. The highest BCUT2D eigenvalue weighted by atomic mass is 19.1. The van der Waals surface area contributed by atoms with Gasteiger partial charge in [0.25, 0.3) is 5.69 Å². The minimum atomic E-state index is -0.507. The molecule has 6 heteroatoms. The third kappa shape index (κ3) is 3.25. The first-order chi connectivity index (χ1) is 9.06. The highest BCUT2D eigenvalue weighted by Gasteiger charge is 2.09. The van der Waals surface area contributed by atoms with Crippen LogP contribution in [0.2, 0.25) is 0 Å². The molecule has 1 atom stereocenters. The lowest BCUT2D eigenvalue weighted by molar-refractivity contribution is -0.385. The van der Waals surface area contributed by atoms with E-state index in [1.54, 1.807) is 12.1 Å². The number of anilines is 1. The summed E-state index contributed by atoms with van der Waals surface area (Å²) < 4.78 is 13.1. The van der Waals surface area contributed by atoms with Gasteiger partial charge in [-0.15, -0.1) is 0 Å². The molecule has 0 aliphatic rings. The molecule has 0 aliphatic carbocycles. The van der Waals surface area contributed by atoms with Gasteiger partial charge in [0.2, 0.25) is 0 Å². The van der Waals surface area contributed by atoms with Crippen LogP contribution in [0.4, 0.5) is 15.9 Å². The molecular formula is C13H12FN3O2. The first-order valence-electron chi connectivity index (χ1n) is 5.68. The first kappa shape index (κ1) is 12.9. The van der Waals surface area contributed by atoms with Crippen molar-refractivity contribution in [3.05, 3.63) is 64.1 Å². The number of rotatable bonds is 4. The topological polar surface area (TPSA) is 68.1 Å². The standard InChI is InChI=1S/C13H12FN3O2/c1-9(10-3-2-4-11(14)7-10)16-13-6-5-12(8-15-13)17(18)19/h2-9H,1H3,(H,15,16). The van der Waals surface area contributed by atoms with Crippen LogP contribution in [-0.4, -0.2) is 9.91 Å². The number of halogens is 1. The van der Waals surface area contributed by atoms with Crippen molar-refractivity contribution in [3.8, 4) is 0 Å². The lowest BCUT2D eigenvalue weighted by Gasteiger charge is -2.14. The molecule has 2 rings (SSSR count). The maximum atomic E-state index is 13.1. The third-order valence-electron chi connectivity index (χ3n) is 2.67. The Morgan fingerprint density at radius 3 is 2.74 bits per heavy atom. The van der Waals surface area contributed by atoms with Gasteiger partial charge in [-0.25, -0.2) is 9.37 Å². The number of hydrogen-bond acceptors (Lipinski definition) is 4. The van der Waals surface area contributed by atoms with Crippen LogP contribution in [-0.2, 0) is 0 Å². The van der Waals surface area contributed by atoms with E-state index in [0.29, 0.717) is 5.82 Å². The van der Waals surface area contributed by atoms with Gasteiger partial charge in [0, 0.05) is 6.07 Å². The summed E-state index contributed by atoms with van der Waals surface area (Å²) in [5.41, 5.74) is 0.712. The summed E-state index contributed by atoms with van der Waals surface area (Å²) in [6.45, 7) is 1.86. The van der Waals surface area contributed by atoms with Gasteiger partial charge in [0.05, 0.1) is 11.0 Å². The van der Waals surface area contributed by atoms with Gasteiger partial charge in [-0.05, 0) is 30.7 Å². The van der Waals surface area contributed by atoms with Crippen molar-refractivity contribution in [2.24, 2.45) is 0 Å². The lowest BCUT2D eigenvalue weighted by atomic mass is 10.1. The number of nitrogens with zero attached hydrogens (tertiary/aromatic N) is 2. The number of benzene rings is 1. The highest BCUT2D eigenvalue weighted by Crippen LogP contribution is 2.19. The number of aromatic nitrogens is 1. The van der Waals surface area contributed by atoms with Crippen LogP contribution in [0.3, 0.4) is 0 Å². The molecule has 0 fully saturated rings. The molecule has 0 amide bonds. The SMILES string of the molecule is CC(Nc1ccc([N+](=O)[O-])cn1)c1cccc(F)c1. The molecule has 19 heavy (non-hydrogen) atoms. The van der Waals surface area contributed by atoms with E-state index >= 15 is 0 Å². The van der Waals surface area contributed by atoms with Crippen LogP contribution in [0.1, 0.15) is 18.5 Å². The van der Waals surface area contributed by atoms with Gasteiger partial charge in [-0.1, -0.05) is 12.1 Å². The van der Waals surface area contributed by atoms with Gasteiger partial charge in [-0.3, -0.25) is 10.1 Å². The Hall–Kier alpha value is -2.50. The molecule has 0 bridgehead atoms. The summed E-state index contributed by atoms with van der Waals surface area (Å²) in [6.07, 6.45) is 1.18. The summed E-state index contributed by atoms with van der Waals surface area (Å²) in [5.74, 6) is 0.199. The lowest BCUT2D eigenvalue weighted by Crippen LogP contribution is -2.08. The molecule has 0 saturated heterocycles. The number of pyridine rings is 1. The summed E-state index contributed by atoms with van der Waals surface area (Å²) in [7, 11) is 0. The van der Waals surface area contributed by atoms with Crippen molar-refractivity contribution >= 4 is 11.5 Å². The van der Waals surface area contributed by atoms with Crippen molar-refractivity contribution in [1.82, 2.24) is 4.98 Å². The molecule has 0 radical (unpaired) electrons. The second kappa shape index (κ2) is 5.43. The summed E-state index contributed by atoms with van der Waals surface area (Å²) in [5, 5.41) is 13.5. The monoisotopic (exact) mass is 261 g/mol. The van der Waals surface area contributed by atoms with Gasteiger partial charge in [-0.2, -0.15) is 0 Å². The quantitative estimate of drug-likeness (QED) is 0.677. The smallest absolute Gasteiger partial charge is 0.287 e. The van der Waals surface area contributed by atoms with Crippen molar-refractivity contribution in [3.63, 3.8) is 0 Å². The van der Waals surface area contributed by atoms with Crippen LogP contribution in [0.25, 0.3) is 0 Å². The van der Waals surface area contributed by atoms with Crippen LogP contribution < -0.4 is 5.32 Å². The van der Waals surface area contributed by atoms with Gasteiger partial charge in [0.15, 0.2) is 0 Å². The normalized spacial score (nSPS) is 11.9. The second-order valence-corrected chi connectivity index (χ2v) is 4.08. The number of nitro groups is 1. The first-order valence-corrected chi connectivity index (χ1v) is 5.68. The van der Waals surface area contributed by atoms with E-state index < -0.39 is 4.92 Å². The Labute approximate surface area is 109 Å². The fourth-order valence-corrected chi connectivity index (χ4v) is 1.66. The van der Waals surface area contributed by atoms with E-state index in [2.05, 4.69) is 10.3 Å². The van der Waals surface area contributed by atoms with Crippen molar-refractivity contribution in [2.75, 3.05) is 5.32 Å². The molecule has 0 aliphatic heterocycles. The average molecular weight is 261 g/mol. The molecule has 1 aromatic carbocycles. The second-order valence-electron chi connectivity index (χ2n) is 4.08. The van der Waals surface area contributed by atoms with E-state index in [1.165, 1.54) is 30.5 Å². The Balaban J connectivity index is 2.10. The number of hydrogen-bond donors (Lipinski definition) is 1. The maximum absolute atomic E-state index is 13.1. The fraction of sp³-hybridized carbons (Fsp3) is 0.154. The van der Waals surface area contributed by atoms with Crippen LogP contribution >= 0.6 is 0 Å². The molecule has 0 spiro atoms.